The maximum atomic E-state index is 6.39. The molecular weight excluding hydrogens is 345 g/mol. The molecule has 2 aromatic rings. The highest BCUT2D eigenvalue weighted by atomic mass is 35.5. The third kappa shape index (κ3) is 4.74. The lowest BCUT2D eigenvalue weighted by Gasteiger charge is -2.23. The maximum Gasteiger partial charge on any atom is 0.146 e. The lowest BCUT2D eigenvalue weighted by atomic mass is 9.98. The molecule has 1 aromatic heterocycles. The van der Waals surface area contributed by atoms with Crippen LogP contribution in [0.5, 0.6) is 0 Å². The molecule has 1 aromatic carbocycles. The van der Waals surface area contributed by atoms with Gasteiger partial charge in [0.2, 0.25) is 0 Å². The van der Waals surface area contributed by atoms with E-state index in [0.717, 1.165) is 18.4 Å². The van der Waals surface area contributed by atoms with E-state index in [1.54, 1.807) is 17.1 Å². The van der Waals surface area contributed by atoms with E-state index >= 15 is 0 Å². The average Bonchev–Trinajstić information content (AvgIpc) is 3.02. The minimum Gasteiger partial charge on any atom is -0.488 e. The van der Waals surface area contributed by atoms with Gasteiger partial charge in [-0.1, -0.05) is 42.5 Å². The first-order valence-electron chi connectivity index (χ1n) is 8.40. The van der Waals surface area contributed by atoms with Crippen molar-refractivity contribution in [3.8, 4) is 0 Å². The summed E-state index contributed by atoms with van der Waals surface area (Å²) < 4.78 is 7.98. The largest absolute Gasteiger partial charge is 0.488 e. The smallest absolute Gasteiger partial charge is 0.146 e. The zero-order valence-electron chi connectivity index (χ0n) is 13.5. The topological polar surface area (TPSA) is 39.9 Å². The number of hydrogen-bond donors (Lipinski definition) is 0. The zero-order chi connectivity index (χ0) is 16.8. The second-order valence-corrected chi connectivity index (χ2v) is 6.92. The van der Waals surface area contributed by atoms with Crippen molar-refractivity contribution in [2.24, 2.45) is 0 Å². The Morgan fingerprint density at radius 2 is 1.88 bits per heavy atom. The van der Waals surface area contributed by atoms with Gasteiger partial charge in [-0.25, -0.2) is 9.67 Å². The molecule has 3 rings (SSSR count). The third-order valence-electron chi connectivity index (χ3n) is 4.23. The van der Waals surface area contributed by atoms with Crippen LogP contribution in [0.4, 0.5) is 0 Å². The zero-order valence-corrected chi connectivity index (χ0v) is 15.0. The summed E-state index contributed by atoms with van der Waals surface area (Å²) in [5.41, 5.74) is 0.818. The molecule has 0 spiro atoms. The van der Waals surface area contributed by atoms with Gasteiger partial charge in [-0.2, -0.15) is 5.10 Å². The summed E-state index contributed by atoms with van der Waals surface area (Å²) in [6.07, 6.45) is 13.6. The molecule has 1 heterocycles. The van der Waals surface area contributed by atoms with E-state index in [0.29, 0.717) is 15.8 Å². The molecule has 0 atom stereocenters. The van der Waals surface area contributed by atoms with Crippen molar-refractivity contribution < 1.29 is 4.74 Å². The highest BCUT2D eigenvalue weighted by Gasteiger charge is 2.17. The van der Waals surface area contributed by atoms with E-state index in [1.807, 2.05) is 18.3 Å². The first-order chi connectivity index (χ1) is 11.7. The van der Waals surface area contributed by atoms with Crippen LogP contribution < -0.4 is 0 Å². The van der Waals surface area contributed by atoms with Gasteiger partial charge < -0.3 is 4.74 Å². The maximum absolute atomic E-state index is 6.39. The second kappa shape index (κ2) is 8.54. The molecule has 24 heavy (non-hydrogen) atoms. The number of halogens is 2. The van der Waals surface area contributed by atoms with Crippen molar-refractivity contribution in [2.45, 2.75) is 51.0 Å². The molecule has 1 fully saturated rings. The minimum absolute atomic E-state index is 0.201. The Hall–Kier alpha value is -1.52. The lowest BCUT2D eigenvalue weighted by Crippen LogP contribution is -2.14. The lowest BCUT2D eigenvalue weighted by molar-refractivity contribution is 0.136. The van der Waals surface area contributed by atoms with Gasteiger partial charge in [0.05, 0.1) is 17.3 Å². The summed E-state index contributed by atoms with van der Waals surface area (Å²) in [6, 6.07) is 5.44. The molecule has 0 amide bonds. The van der Waals surface area contributed by atoms with E-state index in [9.17, 15) is 0 Å². The van der Waals surface area contributed by atoms with Crippen LogP contribution in [-0.4, -0.2) is 20.9 Å². The molecule has 6 heteroatoms. The molecule has 0 N–H and O–H groups in total. The average molecular weight is 366 g/mol. The Bertz CT molecular complexity index is 678. The SMILES string of the molecule is Clc1ccc(/C(=C/n2cncn2)OC2CCCCCCC2)c(Cl)c1. The minimum atomic E-state index is 0.201. The van der Waals surface area contributed by atoms with E-state index in [-0.39, 0.29) is 6.10 Å². The number of ether oxygens (including phenoxy) is 1. The summed E-state index contributed by atoms with van der Waals surface area (Å²) in [7, 11) is 0. The van der Waals surface area contributed by atoms with Gasteiger partial charge in [0.1, 0.15) is 18.4 Å². The van der Waals surface area contributed by atoms with Crippen molar-refractivity contribution in [2.75, 3.05) is 0 Å². The molecule has 4 nitrogen and oxygen atoms in total. The Morgan fingerprint density at radius 3 is 2.54 bits per heavy atom. The molecule has 1 saturated carbocycles. The number of nitrogens with zero attached hydrogens (tertiary/aromatic N) is 3. The van der Waals surface area contributed by atoms with Crippen LogP contribution in [-0.2, 0) is 4.74 Å². The van der Waals surface area contributed by atoms with Gasteiger partial charge in [0.15, 0.2) is 0 Å². The summed E-state index contributed by atoms with van der Waals surface area (Å²) >= 11 is 12.4. The van der Waals surface area contributed by atoms with E-state index < -0.39 is 0 Å². The summed E-state index contributed by atoms with van der Waals surface area (Å²) in [6.45, 7) is 0. The quantitative estimate of drug-likeness (QED) is 0.655. The molecule has 1 aliphatic rings. The number of hydrogen-bond acceptors (Lipinski definition) is 3. The molecule has 128 valence electrons. The van der Waals surface area contributed by atoms with Crippen LogP contribution in [0.2, 0.25) is 10.0 Å². The van der Waals surface area contributed by atoms with Gasteiger partial charge in [0.25, 0.3) is 0 Å². The molecule has 0 bridgehead atoms. The standard InChI is InChI=1S/C18H21Cl2N3O/c19-14-8-9-16(17(20)10-14)18(11-23-13-21-12-22-23)24-15-6-4-2-1-3-5-7-15/h8-13,15H,1-7H2/b18-11-. The Balaban J connectivity index is 1.87. The number of rotatable bonds is 4. The Labute approximate surface area is 152 Å². The van der Waals surface area contributed by atoms with Crippen molar-refractivity contribution in [3.05, 3.63) is 46.5 Å². The monoisotopic (exact) mass is 365 g/mol. The van der Waals surface area contributed by atoms with Gasteiger partial charge >= 0.3 is 0 Å². The van der Waals surface area contributed by atoms with Gasteiger partial charge in [0, 0.05) is 10.6 Å². The van der Waals surface area contributed by atoms with Crippen LogP contribution >= 0.6 is 23.2 Å². The van der Waals surface area contributed by atoms with Crippen LogP contribution in [0.15, 0.2) is 30.9 Å². The fourth-order valence-electron chi connectivity index (χ4n) is 2.97. The van der Waals surface area contributed by atoms with Crippen molar-refractivity contribution >= 4 is 35.2 Å². The van der Waals surface area contributed by atoms with E-state index in [4.69, 9.17) is 27.9 Å². The normalized spacial score (nSPS) is 17.3. The van der Waals surface area contributed by atoms with E-state index in [2.05, 4.69) is 10.1 Å². The predicted molar refractivity (Wildman–Crippen MR) is 97.8 cm³/mol. The van der Waals surface area contributed by atoms with Crippen LogP contribution in [0.25, 0.3) is 12.0 Å². The highest BCUT2D eigenvalue weighted by Crippen LogP contribution is 2.31. The van der Waals surface area contributed by atoms with Crippen LogP contribution in [0, 0.1) is 0 Å². The van der Waals surface area contributed by atoms with Crippen molar-refractivity contribution in [3.63, 3.8) is 0 Å². The summed E-state index contributed by atoms with van der Waals surface area (Å²) in [5.74, 6) is 0.702. The van der Waals surface area contributed by atoms with Gasteiger partial charge in [-0.3, -0.25) is 0 Å². The van der Waals surface area contributed by atoms with Crippen molar-refractivity contribution in [1.82, 2.24) is 14.8 Å². The molecule has 1 aliphatic carbocycles. The third-order valence-corrected chi connectivity index (χ3v) is 4.78. The first-order valence-corrected chi connectivity index (χ1v) is 9.16. The number of benzene rings is 1. The van der Waals surface area contributed by atoms with Crippen LogP contribution in [0.3, 0.4) is 0 Å². The Kier molecular flexibility index (Phi) is 6.16. The highest BCUT2D eigenvalue weighted by molar-refractivity contribution is 6.35. The van der Waals surface area contributed by atoms with Crippen LogP contribution in [0.1, 0.15) is 50.5 Å². The second-order valence-electron chi connectivity index (χ2n) is 6.08. The fourth-order valence-corrected chi connectivity index (χ4v) is 3.47. The first kappa shape index (κ1) is 17.3. The molecular formula is C18H21Cl2N3O. The fraction of sp³-hybridized carbons (Fsp3) is 0.444. The Morgan fingerprint density at radius 1 is 1.12 bits per heavy atom. The predicted octanol–water partition coefficient (Wildman–Crippen LogP) is 5.67. The molecule has 0 saturated heterocycles. The summed E-state index contributed by atoms with van der Waals surface area (Å²) in [5, 5.41) is 5.31. The van der Waals surface area contributed by atoms with Gasteiger partial charge in [-0.15, -0.1) is 0 Å². The number of aromatic nitrogens is 3. The van der Waals surface area contributed by atoms with E-state index in [1.165, 1.54) is 38.4 Å². The van der Waals surface area contributed by atoms with Crippen molar-refractivity contribution in [1.29, 1.82) is 0 Å². The molecule has 0 unspecified atom stereocenters. The molecule has 0 radical (unpaired) electrons. The summed E-state index contributed by atoms with van der Waals surface area (Å²) in [4.78, 5) is 3.98. The van der Waals surface area contributed by atoms with Gasteiger partial charge in [-0.05, 0) is 43.9 Å². The molecule has 0 aliphatic heterocycles.